The van der Waals surface area contributed by atoms with Crippen LogP contribution in [0, 0.1) is 25.2 Å². The molecule has 2 N–H and O–H groups in total. The third-order valence-corrected chi connectivity index (χ3v) is 4.73. The SMILES string of the molecule is Cc1ccc(SCCC(N)(C#N)c2ccccc2)cc1C. The van der Waals surface area contributed by atoms with Gasteiger partial charge in [-0.3, -0.25) is 0 Å². The van der Waals surface area contributed by atoms with Crippen LogP contribution in [-0.2, 0) is 5.54 Å². The number of hydrogen-bond acceptors (Lipinski definition) is 3. The minimum Gasteiger partial charge on any atom is -0.310 e. The molecule has 0 aliphatic carbocycles. The van der Waals surface area contributed by atoms with E-state index >= 15 is 0 Å². The van der Waals surface area contributed by atoms with Crippen LogP contribution in [0.3, 0.4) is 0 Å². The molecule has 1 unspecified atom stereocenters. The molecule has 0 aliphatic heterocycles. The topological polar surface area (TPSA) is 49.8 Å². The Morgan fingerprint density at radius 3 is 2.43 bits per heavy atom. The highest BCUT2D eigenvalue weighted by Gasteiger charge is 2.26. The fourth-order valence-electron chi connectivity index (χ4n) is 2.13. The van der Waals surface area contributed by atoms with Gasteiger partial charge in [-0.2, -0.15) is 5.26 Å². The summed E-state index contributed by atoms with van der Waals surface area (Å²) in [5, 5.41) is 9.43. The number of benzene rings is 2. The quantitative estimate of drug-likeness (QED) is 0.843. The molecule has 0 amide bonds. The largest absolute Gasteiger partial charge is 0.310 e. The zero-order valence-corrected chi connectivity index (χ0v) is 13.3. The van der Waals surface area contributed by atoms with Crippen molar-refractivity contribution < 1.29 is 0 Å². The van der Waals surface area contributed by atoms with E-state index in [9.17, 15) is 5.26 Å². The minimum absolute atomic E-state index is 0.630. The minimum atomic E-state index is -0.909. The van der Waals surface area contributed by atoms with Crippen LogP contribution in [0.1, 0.15) is 23.1 Å². The van der Waals surface area contributed by atoms with Crippen LogP contribution in [-0.4, -0.2) is 5.75 Å². The first-order valence-corrected chi connectivity index (χ1v) is 7.99. The second kappa shape index (κ2) is 6.80. The van der Waals surface area contributed by atoms with Gasteiger partial charge < -0.3 is 5.73 Å². The van der Waals surface area contributed by atoms with Crippen molar-refractivity contribution in [1.29, 1.82) is 5.26 Å². The molecular formula is C18H20N2S. The van der Waals surface area contributed by atoms with Gasteiger partial charge >= 0.3 is 0 Å². The number of nitriles is 1. The zero-order valence-electron chi connectivity index (χ0n) is 12.5. The van der Waals surface area contributed by atoms with Gasteiger partial charge in [-0.15, -0.1) is 11.8 Å². The molecule has 1 atom stereocenters. The Morgan fingerprint density at radius 1 is 1.10 bits per heavy atom. The van der Waals surface area contributed by atoms with Crippen molar-refractivity contribution in [2.75, 3.05) is 5.75 Å². The lowest BCUT2D eigenvalue weighted by molar-refractivity contribution is 0.560. The Morgan fingerprint density at radius 2 is 1.81 bits per heavy atom. The van der Waals surface area contributed by atoms with Crippen LogP contribution in [0.25, 0.3) is 0 Å². The lowest BCUT2D eigenvalue weighted by Crippen LogP contribution is -2.35. The van der Waals surface area contributed by atoms with Crippen molar-refractivity contribution >= 4 is 11.8 Å². The Bertz CT molecular complexity index is 646. The first kappa shape index (κ1) is 15.6. The van der Waals surface area contributed by atoms with Crippen LogP contribution in [0.2, 0.25) is 0 Å². The molecule has 0 saturated heterocycles. The van der Waals surface area contributed by atoms with E-state index in [0.29, 0.717) is 6.42 Å². The van der Waals surface area contributed by atoms with E-state index in [1.807, 2.05) is 30.3 Å². The number of nitrogens with zero attached hydrogens (tertiary/aromatic N) is 1. The standard InChI is InChI=1S/C18H20N2S/c1-14-8-9-17(12-15(14)2)21-11-10-18(20,13-19)16-6-4-3-5-7-16/h3-9,12H,10-11,20H2,1-2H3. The summed E-state index contributed by atoms with van der Waals surface area (Å²) in [5.41, 5.74) is 8.83. The third kappa shape index (κ3) is 3.87. The Labute approximate surface area is 131 Å². The monoisotopic (exact) mass is 296 g/mol. The average Bonchev–Trinajstić information content (AvgIpc) is 2.51. The maximum absolute atomic E-state index is 9.43. The van der Waals surface area contributed by atoms with Crippen LogP contribution in [0.4, 0.5) is 0 Å². The van der Waals surface area contributed by atoms with Crippen LogP contribution in [0.5, 0.6) is 0 Å². The van der Waals surface area contributed by atoms with Crippen LogP contribution >= 0.6 is 11.8 Å². The first-order chi connectivity index (χ1) is 10.0. The van der Waals surface area contributed by atoms with Crippen molar-refractivity contribution in [3.63, 3.8) is 0 Å². The predicted octanol–water partition coefficient (Wildman–Crippen LogP) is 4.16. The summed E-state index contributed by atoms with van der Waals surface area (Å²) in [7, 11) is 0. The molecule has 0 saturated carbocycles. The first-order valence-electron chi connectivity index (χ1n) is 7.01. The summed E-state index contributed by atoms with van der Waals surface area (Å²) in [6, 6.07) is 18.3. The molecule has 0 aliphatic rings. The van der Waals surface area contributed by atoms with E-state index in [2.05, 4.69) is 38.1 Å². The zero-order chi connectivity index (χ0) is 15.3. The molecule has 0 spiro atoms. The molecule has 0 radical (unpaired) electrons. The van der Waals surface area contributed by atoms with Gasteiger partial charge in [0.15, 0.2) is 0 Å². The van der Waals surface area contributed by atoms with E-state index in [0.717, 1.165) is 11.3 Å². The maximum atomic E-state index is 9.43. The molecule has 2 aromatic rings. The van der Waals surface area contributed by atoms with Crippen molar-refractivity contribution in [3.8, 4) is 6.07 Å². The average molecular weight is 296 g/mol. The van der Waals surface area contributed by atoms with Gasteiger partial charge in [-0.25, -0.2) is 0 Å². The maximum Gasteiger partial charge on any atom is 0.130 e. The van der Waals surface area contributed by atoms with E-state index < -0.39 is 5.54 Å². The van der Waals surface area contributed by atoms with Crippen LogP contribution < -0.4 is 5.73 Å². The molecular weight excluding hydrogens is 276 g/mol. The van der Waals surface area contributed by atoms with Gasteiger partial charge in [0.2, 0.25) is 0 Å². The Hall–Kier alpha value is -1.76. The van der Waals surface area contributed by atoms with Crippen molar-refractivity contribution in [1.82, 2.24) is 0 Å². The van der Waals surface area contributed by atoms with Crippen molar-refractivity contribution in [2.24, 2.45) is 5.73 Å². The molecule has 2 aromatic carbocycles. The highest BCUT2D eigenvalue weighted by atomic mass is 32.2. The molecule has 0 heterocycles. The third-order valence-electron chi connectivity index (χ3n) is 3.73. The van der Waals surface area contributed by atoms with E-state index in [1.165, 1.54) is 16.0 Å². The van der Waals surface area contributed by atoms with Gasteiger partial charge in [-0.1, -0.05) is 36.4 Å². The fraction of sp³-hybridized carbons (Fsp3) is 0.278. The number of thioether (sulfide) groups is 1. The van der Waals surface area contributed by atoms with E-state index in [1.54, 1.807) is 11.8 Å². The van der Waals surface area contributed by atoms with Crippen molar-refractivity contribution in [3.05, 3.63) is 65.2 Å². The molecule has 2 nitrogen and oxygen atoms in total. The molecule has 0 aromatic heterocycles. The van der Waals surface area contributed by atoms with Gasteiger partial charge in [0, 0.05) is 10.6 Å². The van der Waals surface area contributed by atoms with E-state index in [4.69, 9.17) is 5.73 Å². The molecule has 0 fully saturated rings. The summed E-state index contributed by atoms with van der Waals surface area (Å²) in [5.74, 6) is 0.821. The van der Waals surface area contributed by atoms with Gasteiger partial charge in [-0.05, 0) is 49.1 Å². The number of hydrogen-bond donors (Lipinski definition) is 1. The molecule has 108 valence electrons. The van der Waals surface area contributed by atoms with Crippen molar-refractivity contribution in [2.45, 2.75) is 30.7 Å². The Balaban J connectivity index is 2.01. The fourth-order valence-corrected chi connectivity index (χ4v) is 3.22. The van der Waals surface area contributed by atoms with Gasteiger partial charge in [0.25, 0.3) is 0 Å². The second-order valence-corrected chi connectivity index (χ2v) is 6.46. The summed E-state index contributed by atoms with van der Waals surface area (Å²) in [4.78, 5) is 1.23. The lowest BCUT2D eigenvalue weighted by atomic mass is 9.90. The summed E-state index contributed by atoms with van der Waals surface area (Å²) in [6.45, 7) is 4.23. The lowest BCUT2D eigenvalue weighted by Gasteiger charge is -2.21. The molecule has 3 heteroatoms. The smallest absolute Gasteiger partial charge is 0.130 e. The molecule has 21 heavy (non-hydrogen) atoms. The summed E-state index contributed by atoms with van der Waals surface area (Å²) >= 11 is 1.75. The highest BCUT2D eigenvalue weighted by molar-refractivity contribution is 7.99. The van der Waals surface area contributed by atoms with E-state index in [-0.39, 0.29) is 0 Å². The van der Waals surface area contributed by atoms with Gasteiger partial charge in [0.05, 0.1) is 6.07 Å². The Kier molecular flexibility index (Phi) is 5.06. The number of nitrogens with two attached hydrogens (primary N) is 1. The summed E-state index contributed by atoms with van der Waals surface area (Å²) < 4.78 is 0. The molecule has 2 rings (SSSR count). The number of rotatable bonds is 5. The molecule has 0 bridgehead atoms. The van der Waals surface area contributed by atoms with Crippen LogP contribution in [0.15, 0.2) is 53.4 Å². The predicted molar refractivity (Wildman–Crippen MR) is 89.2 cm³/mol. The second-order valence-electron chi connectivity index (χ2n) is 5.29. The van der Waals surface area contributed by atoms with Gasteiger partial charge in [0.1, 0.15) is 5.54 Å². The number of aryl methyl sites for hydroxylation is 2. The normalized spacial score (nSPS) is 13.4. The highest BCUT2D eigenvalue weighted by Crippen LogP contribution is 2.27. The summed E-state index contributed by atoms with van der Waals surface area (Å²) in [6.07, 6.45) is 0.630.